The van der Waals surface area contributed by atoms with Crippen LogP contribution >= 0.6 is 11.6 Å². The van der Waals surface area contributed by atoms with Crippen molar-refractivity contribution < 1.29 is 17.1 Å². The summed E-state index contributed by atoms with van der Waals surface area (Å²) in [6, 6.07) is 3.69. The van der Waals surface area contributed by atoms with Gasteiger partial charge in [0.05, 0.1) is 0 Å². The molecule has 82 valence electrons. The zero-order chi connectivity index (χ0) is 11.6. The lowest BCUT2D eigenvalue weighted by Crippen LogP contribution is -2.01. The van der Waals surface area contributed by atoms with Crippen molar-refractivity contribution in [1.82, 2.24) is 0 Å². The van der Waals surface area contributed by atoms with Gasteiger partial charge in [-0.2, -0.15) is 8.42 Å². The van der Waals surface area contributed by atoms with Gasteiger partial charge in [-0.3, -0.25) is 4.79 Å². The highest BCUT2D eigenvalue weighted by Gasteiger charge is 2.18. The lowest BCUT2D eigenvalue weighted by Gasteiger charge is -2.04. The van der Waals surface area contributed by atoms with Gasteiger partial charge < -0.3 is 0 Å². The predicted molar refractivity (Wildman–Crippen MR) is 54.3 cm³/mol. The number of hydrogen-bond acceptors (Lipinski definition) is 3. The normalized spacial score (nSPS) is 11.4. The van der Waals surface area contributed by atoms with Crippen molar-refractivity contribution in [3.63, 3.8) is 0 Å². The molecule has 0 aliphatic rings. The highest BCUT2D eigenvalue weighted by Crippen LogP contribution is 2.21. The van der Waals surface area contributed by atoms with E-state index in [0.717, 1.165) is 6.07 Å². The van der Waals surface area contributed by atoms with E-state index in [-0.39, 0.29) is 5.56 Å². The summed E-state index contributed by atoms with van der Waals surface area (Å²) in [4.78, 5) is 10.3. The molecule has 0 N–H and O–H groups in total. The number of aryl methyl sites for hydroxylation is 1. The highest BCUT2D eigenvalue weighted by atomic mass is 35.5. The molecule has 1 rings (SSSR count). The SMILES string of the molecule is CCc1ccc(C(=O)Cl)cc1S(=O)(=O)F. The average molecular weight is 251 g/mol. The van der Waals surface area contributed by atoms with Crippen LogP contribution in [-0.2, 0) is 16.6 Å². The number of carbonyl (C=O) groups excluding carboxylic acids is 1. The van der Waals surface area contributed by atoms with Crippen molar-refractivity contribution in [2.75, 3.05) is 0 Å². The van der Waals surface area contributed by atoms with E-state index in [9.17, 15) is 17.1 Å². The standard InChI is InChI=1S/C9H8ClFO3S/c1-2-6-3-4-7(9(10)12)5-8(6)15(11,13)14/h3-5H,2H2,1H3. The maximum Gasteiger partial charge on any atom is 0.332 e. The lowest BCUT2D eigenvalue weighted by molar-refractivity contribution is 0.108. The predicted octanol–water partition coefficient (Wildman–Crippen LogP) is 2.29. The summed E-state index contributed by atoms with van der Waals surface area (Å²) in [5.41, 5.74) is 0.282. The minimum atomic E-state index is -4.81. The van der Waals surface area contributed by atoms with Crippen molar-refractivity contribution in [2.24, 2.45) is 0 Å². The van der Waals surface area contributed by atoms with E-state index in [4.69, 9.17) is 11.6 Å². The summed E-state index contributed by atoms with van der Waals surface area (Å²) in [5.74, 6) is 0. The van der Waals surface area contributed by atoms with Crippen molar-refractivity contribution in [1.29, 1.82) is 0 Å². The number of benzene rings is 1. The summed E-state index contributed by atoms with van der Waals surface area (Å²) < 4.78 is 34.4. The van der Waals surface area contributed by atoms with Gasteiger partial charge in [-0.25, -0.2) is 0 Å². The molecule has 1 aromatic rings. The van der Waals surface area contributed by atoms with Crippen LogP contribution in [0.5, 0.6) is 0 Å². The van der Waals surface area contributed by atoms with Crippen molar-refractivity contribution in [3.05, 3.63) is 29.3 Å². The fourth-order valence-electron chi connectivity index (χ4n) is 1.20. The summed E-state index contributed by atoms with van der Waals surface area (Å²) in [7, 11) is -4.81. The third-order valence-electron chi connectivity index (χ3n) is 1.94. The molecule has 6 heteroatoms. The van der Waals surface area contributed by atoms with Gasteiger partial charge >= 0.3 is 10.2 Å². The molecule has 0 saturated heterocycles. The number of carbonyl (C=O) groups is 1. The van der Waals surface area contributed by atoms with Gasteiger partial charge in [0.2, 0.25) is 0 Å². The molecule has 0 spiro atoms. The fraction of sp³-hybridized carbons (Fsp3) is 0.222. The Morgan fingerprint density at radius 3 is 2.47 bits per heavy atom. The largest absolute Gasteiger partial charge is 0.332 e. The van der Waals surface area contributed by atoms with E-state index in [1.807, 2.05) is 0 Å². The quantitative estimate of drug-likeness (QED) is 0.774. The smallest absolute Gasteiger partial charge is 0.276 e. The van der Waals surface area contributed by atoms with Crippen LogP contribution in [0.3, 0.4) is 0 Å². The number of halogens is 2. The first kappa shape index (κ1) is 12.1. The number of hydrogen-bond donors (Lipinski definition) is 0. The van der Waals surface area contributed by atoms with Crippen LogP contribution in [0.15, 0.2) is 23.1 Å². The topological polar surface area (TPSA) is 51.2 Å². The van der Waals surface area contributed by atoms with Crippen molar-refractivity contribution in [3.8, 4) is 0 Å². The van der Waals surface area contributed by atoms with Crippen LogP contribution in [0, 0.1) is 0 Å². The second kappa shape index (κ2) is 4.28. The Labute approximate surface area is 92.1 Å². The molecule has 0 aliphatic carbocycles. The van der Waals surface area contributed by atoms with Crippen LogP contribution in [-0.4, -0.2) is 13.7 Å². The molecule has 0 unspecified atom stereocenters. The molecule has 0 bridgehead atoms. The highest BCUT2D eigenvalue weighted by molar-refractivity contribution is 7.86. The molecule has 0 aromatic heterocycles. The van der Waals surface area contributed by atoms with Crippen LogP contribution < -0.4 is 0 Å². The second-order valence-electron chi connectivity index (χ2n) is 2.89. The Bertz CT molecular complexity index is 496. The zero-order valence-corrected chi connectivity index (χ0v) is 9.40. The molecule has 0 aliphatic heterocycles. The van der Waals surface area contributed by atoms with Gasteiger partial charge in [0, 0.05) is 5.56 Å². The maximum atomic E-state index is 12.8. The molecule has 0 radical (unpaired) electrons. The Balaban J connectivity index is 3.46. The van der Waals surface area contributed by atoms with Crippen LogP contribution in [0.2, 0.25) is 0 Å². The monoisotopic (exact) mass is 250 g/mol. The fourth-order valence-corrected chi connectivity index (χ4v) is 2.11. The molecular formula is C9H8ClFO3S. The molecule has 15 heavy (non-hydrogen) atoms. The van der Waals surface area contributed by atoms with E-state index in [1.165, 1.54) is 12.1 Å². The molecule has 0 fully saturated rings. The molecule has 0 atom stereocenters. The van der Waals surface area contributed by atoms with Crippen molar-refractivity contribution >= 4 is 27.1 Å². The maximum absolute atomic E-state index is 12.8. The summed E-state index contributed by atoms with van der Waals surface area (Å²) in [5, 5.41) is -0.817. The Hall–Kier alpha value is -0.940. The van der Waals surface area contributed by atoms with Gasteiger partial charge in [0.1, 0.15) is 4.90 Å². The van der Waals surface area contributed by atoms with Gasteiger partial charge in [-0.1, -0.05) is 13.0 Å². The Morgan fingerprint density at radius 1 is 1.47 bits per heavy atom. The van der Waals surface area contributed by atoms with Gasteiger partial charge in [0.25, 0.3) is 5.24 Å². The summed E-state index contributed by atoms with van der Waals surface area (Å²) >= 11 is 5.16. The van der Waals surface area contributed by atoms with Crippen molar-refractivity contribution in [2.45, 2.75) is 18.2 Å². The summed E-state index contributed by atoms with van der Waals surface area (Å²) in [6.45, 7) is 1.69. The molecule has 3 nitrogen and oxygen atoms in total. The molecule has 0 saturated carbocycles. The van der Waals surface area contributed by atoms with E-state index in [1.54, 1.807) is 6.92 Å². The van der Waals surface area contributed by atoms with Gasteiger partial charge in [-0.15, -0.1) is 3.89 Å². The first-order valence-corrected chi connectivity index (χ1v) is 5.90. The minimum absolute atomic E-state index is 0.0370. The van der Waals surface area contributed by atoms with Crippen LogP contribution in [0.1, 0.15) is 22.8 Å². The minimum Gasteiger partial charge on any atom is -0.276 e. The second-order valence-corrected chi connectivity index (χ2v) is 4.55. The van der Waals surface area contributed by atoms with Crippen LogP contribution in [0.4, 0.5) is 3.89 Å². The van der Waals surface area contributed by atoms with E-state index >= 15 is 0 Å². The average Bonchev–Trinajstić information content (AvgIpc) is 2.15. The molecule has 0 heterocycles. The Kier molecular flexibility index (Phi) is 3.46. The van der Waals surface area contributed by atoms with Crippen LogP contribution in [0.25, 0.3) is 0 Å². The molecule has 0 amide bonds. The van der Waals surface area contributed by atoms with Gasteiger partial charge in [0.15, 0.2) is 0 Å². The lowest BCUT2D eigenvalue weighted by atomic mass is 10.1. The third-order valence-corrected chi connectivity index (χ3v) is 3.06. The summed E-state index contributed by atoms with van der Waals surface area (Å²) in [6.07, 6.45) is 0.356. The Morgan fingerprint density at radius 2 is 2.07 bits per heavy atom. The van der Waals surface area contributed by atoms with E-state index < -0.39 is 20.4 Å². The zero-order valence-electron chi connectivity index (χ0n) is 7.83. The number of rotatable bonds is 3. The first-order chi connectivity index (χ1) is 6.86. The third kappa shape index (κ3) is 2.76. The van der Waals surface area contributed by atoms with E-state index in [2.05, 4.69) is 0 Å². The van der Waals surface area contributed by atoms with E-state index in [0.29, 0.717) is 12.0 Å². The molecular weight excluding hydrogens is 243 g/mol. The van der Waals surface area contributed by atoms with Gasteiger partial charge in [-0.05, 0) is 35.7 Å². The molecule has 1 aromatic carbocycles. The first-order valence-electron chi connectivity index (χ1n) is 4.13.